The lowest BCUT2D eigenvalue weighted by Crippen LogP contribution is -2.41. The number of sulfonamides is 1. The number of carbonyl (C=O) groups excluding carboxylic acids is 1. The molecule has 1 N–H and O–H groups in total. The van der Waals surface area contributed by atoms with Gasteiger partial charge in [0.1, 0.15) is 6.04 Å². The van der Waals surface area contributed by atoms with Gasteiger partial charge in [-0.05, 0) is 39.3 Å². The van der Waals surface area contributed by atoms with Crippen molar-refractivity contribution in [2.45, 2.75) is 38.1 Å². The van der Waals surface area contributed by atoms with Crippen molar-refractivity contribution in [2.75, 3.05) is 6.61 Å². The molecule has 6 heteroatoms. The first-order chi connectivity index (χ1) is 9.76. The van der Waals surface area contributed by atoms with Crippen molar-refractivity contribution in [1.29, 1.82) is 0 Å². The van der Waals surface area contributed by atoms with Gasteiger partial charge in [0.25, 0.3) is 0 Å². The normalized spacial score (nSPS) is 12.7. The van der Waals surface area contributed by atoms with Crippen LogP contribution >= 0.6 is 0 Å². The van der Waals surface area contributed by atoms with E-state index in [4.69, 9.17) is 4.74 Å². The molecule has 116 valence electrons. The number of nitrogens with one attached hydrogen (secondary N) is 1. The minimum atomic E-state index is -3.78. The highest BCUT2D eigenvalue weighted by molar-refractivity contribution is 7.89. The lowest BCUT2D eigenvalue weighted by Gasteiger charge is -2.17. The zero-order valence-electron chi connectivity index (χ0n) is 12.5. The van der Waals surface area contributed by atoms with Gasteiger partial charge in [-0.15, -0.1) is 6.58 Å². The van der Waals surface area contributed by atoms with Crippen molar-refractivity contribution in [3.8, 4) is 0 Å². The number of ether oxygens (including phenoxy) is 1. The molecule has 0 spiro atoms. The summed E-state index contributed by atoms with van der Waals surface area (Å²) in [5, 5.41) is 0. The summed E-state index contributed by atoms with van der Waals surface area (Å²) in [6, 6.07) is 5.44. The third kappa shape index (κ3) is 5.32. The highest BCUT2D eigenvalue weighted by Crippen LogP contribution is 2.13. The molecule has 1 aromatic rings. The number of benzene rings is 1. The lowest BCUT2D eigenvalue weighted by molar-refractivity contribution is -0.145. The van der Waals surface area contributed by atoms with Crippen LogP contribution in [0.4, 0.5) is 0 Å². The van der Waals surface area contributed by atoms with Crippen LogP contribution in [0.1, 0.15) is 25.8 Å². The summed E-state index contributed by atoms with van der Waals surface area (Å²) in [4.78, 5) is 12.0. The molecule has 0 bridgehead atoms. The van der Waals surface area contributed by atoms with Crippen LogP contribution in [0.15, 0.2) is 41.3 Å². The molecular formula is C15H21NO4S. The minimum Gasteiger partial charge on any atom is -0.465 e. The quantitative estimate of drug-likeness (QED) is 0.619. The Hall–Kier alpha value is -1.66. The third-order valence-corrected chi connectivity index (χ3v) is 4.24. The van der Waals surface area contributed by atoms with Crippen LogP contribution < -0.4 is 4.72 Å². The van der Waals surface area contributed by atoms with Gasteiger partial charge in [-0.25, -0.2) is 8.42 Å². The summed E-state index contributed by atoms with van der Waals surface area (Å²) in [5.41, 5.74) is 1.65. The molecule has 0 aliphatic heterocycles. The van der Waals surface area contributed by atoms with Crippen molar-refractivity contribution in [2.24, 2.45) is 0 Å². The van der Waals surface area contributed by atoms with Crippen molar-refractivity contribution in [3.05, 3.63) is 42.0 Å². The first-order valence-corrected chi connectivity index (χ1v) is 8.14. The maximum atomic E-state index is 12.3. The first kappa shape index (κ1) is 17.4. The molecule has 0 saturated heterocycles. The molecule has 5 nitrogen and oxygen atoms in total. The van der Waals surface area contributed by atoms with Crippen LogP contribution in [-0.4, -0.2) is 27.0 Å². The Morgan fingerprint density at radius 3 is 2.38 bits per heavy atom. The van der Waals surface area contributed by atoms with Crippen molar-refractivity contribution in [1.82, 2.24) is 4.72 Å². The summed E-state index contributed by atoms with van der Waals surface area (Å²) < 4.78 is 31.9. The van der Waals surface area contributed by atoms with E-state index in [1.54, 1.807) is 26.0 Å². The molecular weight excluding hydrogens is 290 g/mol. The summed E-state index contributed by atoms with van der Waals surface area (Å²) >= 11 is 0. The summed E-state index contributed by atoms with van der Waals surface area (Å²) in [6.07, 6.45) is 0.198. The fourth-order valence-electron chi connectivity index (χ4n) is 1.74. The van der Waals surface area contributed by atoms with Crippen LogP contribution in [-0.2, 0) is 19.6 Å². The smallest absolute Gasteiger partial charge is 0.324 e. The van der Waals surface area contributed by atoms with E-state index in [9.17, 15) is 13.2 Å². The van der Waals surface area contributed by atoms with Gasteiger partial charge < -0.3 is 4.74 Å². The van der Waals surface area contributed by atoms with Crippen molar-refractivity contribution < 1.29 is 17.9 Å². The van der Waals surface area contributed by atoms with E-state index >= 15 is 0 Å². The Balaban J connectivity index is 2.97. The number of hydrogen-bond donors (Lipinski definition) is 1. The molecule has 0 aliphatic rings. The molecule has 0 amide bonds. The Bertz CT molecular complexity index is 605. The second-order valence-electron chi connectivity index (χ2n) is 4.90. The Morgan fingerprint density at radius 2 is 1.90 bits per heavy atom. The molecule has 0 aliphatic carbocycles. The van der Waals surface area contributed by atoms with Crippen LogP contribution in [0.25, 0.3) is 0 Å². The third-order valence-electron chi connectivity index (χ3n) is 2.75. The van der Waals surface area contributed by atoms with E-state index in [1.165, 1.54) is 12.1 Å². The highest BCUT2D eigenvalue weighted by Gasteiger charge is 2.26. The van der Waals surface area contributed by atoms with E-state index in [2.05, 4.69) is 11.3 Å². The SMILES string of the molecule is C=C(C)C[C@H](NS(=O)(=O)c1ccc(C)cc1)C(=O)OCC. The average Bonchev–Trinajstić information content (AvgIpc) is 2.38. The number of carbonyl (C=O) groups is 1. The standard InChI is InChI=1S/C15H21NO4S/c1-5-20-15(17)14(10-11(2)3)16-21(18,19)13-8-6-12(4)7-9-13/h6-9,14,16H,2,5,10H2,1,3-4H3/t14-/m0/s1. The molecule has 1 aromatic carbocycles. The van der Waals surface area contributed by atoms with E-state index < -0.39 is 22.0 Å². The zero-order valence-corrected chi connectivity index (χ0v) is 13.4. The largest absolute Gasteiger partial charge is 0.465 e. The van der Waals surface area contributed by atoms with Crippen LogP contribution in [0, 0.1) is 6.92 Å². The lowest BCUT2D eigenvalue weighted by atomic mass is 10.1. The molecule has 0 heterocycles. The first-order valence-electron chi connectivity index (χ1n) is 6.66. The fourth-order valence-corrected chi connectivity index (χ4v) is 2.92. The highest BCUT2D eigenvalue weighted by atomic mass is 32.2. The summed E-state index contributed by atoms with van der Waals surface area (Å²) in [7, 11) is -3.78. The van der Waals surface area contributed by atoms with Crippen molar-refractivity contribution >= 4 is 16.0 Å². The molecule has 0 fully saturated rings. The van der Waals surface area contributed by atoms with Crippen LogP contribution in [0.2, 0.25) is 0 Å². The maximum absolute atomic E-state index is 12.3. The molecule has 0 unspecified atom stereocenters. The number of esters is 1. The van der Waals surface area contributed by atoms with E-state index in [0.29, 0.717) is 5.57 Å². The summed E-state index contributed by atoms with van der Waals surface area (Å²) in [5.74, 6) is -0.601. The number of aryl methyl sites for hydroxylation is 1. The molecule has 1 atom stereocenters. The predicted octanol–water partition coefficient (Wildman–Crippen LogP) is 2.17. The minimum absolute atomic E-state index is 0.115. The van der Waals surface area contributed by atoms with Gasteiger partial charge in [0.15, 0.2) is 0 Å². The number of hydrogen-bond acceptors (Lipinski definition) is 4. The fraction of sp³-hybridized carbons (Fsp3) is 0.400. The van der Waals surface area contributed by atoms with Gasteiger partial charge in [0.05, 0.1) is 11.5 Å². The second kappa shape index (κ2) is 7.38. The van der Waals surface area contributed by atoms with E-state index in [0.717, 1.165) is 5.56 Å². The van der Waals surface area contributed by atoms with Gasteiger partial charge >= 0.3 is 5.97 Å². The van der Waals surface area contributed by atoms with Gasteiger partial charge in [0, 0.05) is 0 Å². The molecule has 0 aromatic heterocycles. The molecule has 21 heavy (non-hydrogen) atoms. The molecule has 1 rings (SSSR count). The number of rotatable bonds is 7. The van der Waals surface area contributed by atoms with Gasteiger partial charge in [0.2, 0.25) is 10.0 Å². The van der Waals surface area contributed by atoms with Gasteiger partial charge in [-0.1, -0.05) is 23.3 Å². The molecule has 0 radical (unpaired) electrons. The second-order valence-corrected chi connectivity index (χ2v) is 6.61. The van der Waals surface area contributed by atoms with E-state index in [1.807, 2.05) is 6.92 Å². The van der Waals surface area contributed by atoms with Gasteiger partial charge in [-0.2, -0.15) is 4.72 Å². The maximum Gasteiger partial charge on any atom is 0.324 e. The van der Waals surface area contributed by atoms with Crippen LogP contribution in [0.3, 0.4) is 0 Å². The molecule has 0 saturated carbocycles. The zero-order chi connectivity index (χ0) is 16.0. The Labute approximate surface area is 126 Å². The monoisotopic (exact) mass is 311 g/mol. The Kier molecular flexibility index (Phi) is 6.11. The predicted molar refractivity (Wildman–Crippen MR) is 81.4 cm³/mol. The average molecular weight is 311 g/mol. The van der Waals surface area contributed by atoms with Gasteiger partial charge in [-0.3, -0.25) is 4.79 Å². The Morgan fingerprint density at radius 1 is 1.33 bits per heavy atom. The summed E-state index contributed by atoms with van der Waals surface area (Å²) in [6.45, 7) is 9.17. The van der Waals surface area contributed by atoms with E-state index in [-0.39, 0.29) is 17.9 Å². The van der Waals surface area contributed by atoms with Crippen LogP contribution in [0.5, 0.6) is 0 Å². The topological polar surface area (TPSA) is 72.5 Å². The van der Waals surface area contributed by atoms with Crippen molar-refractivity contribution in [3.63, 3.8) is 0 Å².